The lowest BCUT2D eigenvalue weighted by atomic mass is 10.0. The maximum atomic E-state index is 9.55. The summed E-state index contributed by atoms with van der Waals surface area (Å²) in [4.78, 5) is 19.1. The summed E-state index contributed by atoms with van der Waals surface area (Å²) in [7, 11) is 0. The second-order valence-electron chi connectivity index (χ2n) is 6.31. The first-order chi connectivity index (χ1) is 14.9. The summed E-state index contributed by atoms with van der Waals surface area (Å²) in [5, 5.41) is 25.0. The van der Waals surface area contributed by atoms with Crippen LogP contribution in [0.25, 0.3) is 17.7 Å². The summed E-state index contributed by atoms with van der Waals surface area (Å²) in [6, 6.07) is 27.8. The minimum atomic E-state index is -1.26. The summed E-state index contributed by atoms with van der Waals surface area (Å²) in [6.45, 7) is 0. The highest BCUT2D eigenvalue weighted by molar-refractivity contribution is 5.90. The molecular formula is C26H22O5. The van der Waals surface area contributed by atoms with E-state index in [1.54, 1.807) is 12.1 Å². The molecule has 0 unspecified atom stereocenters. The van der Waals surface area contributed by atoms with Crippen molar-refractivity contribution in [1.82, 2.24) is 0 Å². The number of aliphatic carboxylic acids is 2. The van der Waals surface area contributed by atoms with Gasteiger partial charge in [-0.15, -0.1) is 0 Å². The summed E-state index contributed by atoms with van der Waals surface area (Å²) in [6.07, 6.45) is 7.47. The molecule has 0 saturated carbocycles. The molecular weight excluding hydrogens is 392 g/mol. The number of benzene rings is 3. The Bertz CT molecular complexity index is 1050. The van der Waals surface area contributed by atoms with E-state index in [4.69, 9.17) is 10.2 Å². The number of carboxylic acids is 2. The van der Waals surface area contributed by atoms with Gasteiger partial charge in [-0.1, -0.05) is 84.9 Å². The van der Waals surface area contributed by atoms with E-state index in [1.165, 1.54) is 5.56 Å². The Hall–Kier alpha value is -4.38. The molecule has 31 heavy (non-hydrogen) atoms. The molecule has 5 heteroatoms. The van der Waals surface area contributed by atoms with E-state index >= 15 is 0 Å². The average molecular weight is 414 g/mol. The Kier molecular flexibility index (Phi) is 9.04. The van der Waals surface area contributed by atoms with Crippen molar-refractivity contribution in [3.8, 4) is 5.75 Å². The number of phenolic OH excluding ortho intramolecular Hbond substituents is 1. The maximum absolute atomic E-state index is 9.55. The van der Waals surface area contributed by atoms with E-state index in [1.807, 2.05) is 48.5 Å². The van der Waals surface area contributed by atoms with Crippen LogP contribution in [0.3, 0.4) is 0 Å². The second-order valence-corrected chi connectivity index (χ2v) is 6.31. The van der Waals surface area contributed by atoms with Gasteiger partial charge in [-0.05, 0) is 40.5 Å². The Morgan fingerprint density at radius 1 is 0.613 bits per heavy atom. The first kappa shape index (κ1) is 22.9. The molecule has 0 heterocycles. The fourth-order valence-electron chi connectivity index (χ4n) is 2.50. The molecule has 3 N–H and O–H groups in total. The molecule has 0 radical (unpaired) electrons. The number of hydrogen-bond acceptors (Lipinski definition) is 3. The van der Waals surface area contributed by atoms with Gasteiger partial charge in [0.05, 0.1) is 0 Å². The molecule has 0 saturated heterocycles. The highest BCUT2D eigenvalue weighted by atomic mass is 16.4. The minimum absolute atomic E-state index is 0.281. The molecule has 3 rings (SSSR count). The van der Waals surface area contributed by atoms with E-state index in [-0.39, 0.29) is 5.75 Å². The van der Waals surface area contributed by atoms with E-state index in [2.05, 4.69) is 42.5 Å². The molecule has 0 atom stereocenters. The van der Waals surface area contributed by atoms with Gasteiger partial charge in [-0.25, -0.2) is 9.59 Å². The lowest BCUT2D eigenvalue weighted by Crippen LogP contribution is -1.91. The fraction of sp³-hybridized carbons (Fsp3) is 0. The van der Waals surface area contributed by atoms with Crippen molar-refractivity contribution in [3.05, 3.63) is 120 Å². The van der Waals surface area contributed by atoms with Gasteiger partial charge in [0.25, 0.3) is 0 Å². The van der Waals surface area contributed by atoms with Crippen LogP contribution in [0.1, 0.15) is 16.7 Å². The van der Waals surface area contributed by atoms with Crippen LogP contribution in [0.2, 0.25) is 0 Å². The maximum Gasteiger partial charge on any atom is 0.328 e. The quantitative estimate of drug-likeness (QED) is 0.287. The van der Waals surface area contributed by atoms with Gasteiger partial charge in [-0.3, -0.25) is 0 Å². The van der Waals surface area contributed by atoms with E-state index in [9.17, 15) is 14.7 Å². The SMILES string of the molecule is O=C(O)/C=C\C(=O)O.Oc1ccc(C=C(C=Cc2ccccc2)c2ccccc2)cc1. The predicted octanol–water partition coefficient (Wildman–Crippen LogP) is 5.36. The van der Waals surface area contributed by atoms with Crippen LogP contribution in [-0.4, -0.2) is 27.3 Å². The Morgan fingerprint density at radius 2 is 1.13 bits per heavy atom. The van der Waals surface area contributed by atoms with Gasteiger partial charge in [-0.2, -0.15) is 0 Å². The fourth-order valence-corrected chi connectivity index (χ4v) is 2.50. The number of allylic oxidation sites excluding steroid dienone is 2. The lowest BCUT2D eigenvalue weighted by Gasteiger charge is -2.04. The molecule has 0 amide bonds. The average Bonchev–Trinajstić information content (AvgIpc) is 2.78. The van der Waals surface area contributed by atoms with E-state index in [0.29, 0.717) is 12.2 Å². The minimum Gasteiger partial charge on any atom is -0.508 e. The van der Waals surface area contributed by atoms with Crippen molar-refractivity contribution in [3.63, 3.8) is 0 Å². The summed E-state index contributed by atoms with van der Waals surface area (Å²) in [5.74, 6) is -2.23. The standard InChI is InChI=1S/C22H18O.C4H4O4/c23-22-15-12-19(13-16-22)17-21(20-9-5-2-6-10-20)14-11-18-7-3-1-4-8-18;5-3(6)1-2-4(7)8/h1-17,23H;1-2H,(H,5,6)(H,7,8)/b;2-1-. The van der Waals surface area contributed by atoms with Crippen LogP contribution in [0.5, 0.6) is 5.75 Å². The molecule has 3 aromatic carbocycles. The number of carbonyl (C=O) groups is 2. The van der Waals surface area contributed by atoms with E-state index < -0.39 is 11.9 Å². The zero-order valence-corrected chi connectivity index (χ0v) is 16.6. The van der Waals surface area contributed by atoms with Crippen molar-refractivity contribution in [2.24, 2.45) is 0 Å². The number of hydrogen-bond donors (Lipinski definition) is 3. The topological polar surface area (TPSA) is 94.8 Å². The molecule has 0 spiro atoms. The molecule has 5 nitrogen and oxygen atoms in total. The highest BCUT2D eigenvalue weighted by Crippen LogP contribution is 2.22. The number of phenols is 1. The van der Waals surface area contributed by atoms with Crippen LogP contribution < -0.4 is 0 Å². The van der Waals surface area contributed by atoms with Crippen molar-refractivity contribution < 1.29 is 24.9 Å². The van der Waals surface area contributed by atoms with Crippen molar-refractivity contribution in [2.45, 2.75) is 0 Å². The van der Waals surface area contributed by atoms with Crippen molar-refractivity contribution >= 4 is 29.7 Å². The molecule has 156 valence electrons. The Morgan fingerprint density at radius 3 is 1.65 bits per heavy atom. The van der Waals surface area contributed by atoms with Gasteiger partial charge in [0.1, 0.15) is 5.75 Å². The Balaban J connectivity index is 0.000000366. The first-order valence-electron chi connectivity index (χ1n) is 9.37. The van der Waals surface area contributed by atoms with Gasteiger partial charge in [0, 0.05) is 12.2 Å². The summed E-state index contributed by atoms with van der Waals surface area (Å²) < 4.78 is 0. The van der Waals surface area contributed by atoms with Crippen LogP contribution in [0.15, 0.2) is 103 Å². The molecule has 0 aromatic heterocycles. The lowest BCUT2D eigenvalue weighted by molar-refractivity contribution is -0.134. The van der Waals surface area contributed by atoms with E-state index in [0.717, 1.165) is 16.7 Å². The number of aromatic hydroxyl groups is 1. The summed E-state index contributed by atoms with van der Waals surface area (Å²) in [5.41, 5.74) is 4.51. The predicted molar refractivity (Wildman–Crippen MR) is 122 cm³/mol. The van der Waals surface area contributed by atoms with Crippen LogP contribution >= 0.6 is 0 Å². The third-order valence-electron chi connectivity index (χ3n) is 3.95. The first-order valence-corrected chi connectivity index (χ1v) is 9.37. The molecule has 0 aliphatic heterocycles. The van der Waals surface area contributed by atoms with Gasteiger partial charge in [0.2, 0.25) is 0 Å². The Labute approximate surface area is 180 Å². The molecule has 0 aliphatic rings. The van der Waals surface area contributed by atoms with Gasteiger partial charge < -0.3 is 15.3 Å². The zero-order chi connectivity index (χ0) is 22.5. The molecule has 0 fully saturated rings. The summed E-state index contributed by atoms with van der Waals surface area (Å²) >= 11 is 0. The monoisotopic (exact) mass is 414 g/mol. The van der Waals surface area contributed by atoms with Gasteiger partial charge in [0.15, 0.2) is 0 Å². The van der Waals surface area contributed by atoms with Crippen LogP contribution in [-0.2, 0) is 9.59 Å². The van der Waals surface area contributed by atoms with Crippen LogP contribution in [0, 0.1) is 0 Å². The second kappa shape index (κ2) is 12.2. The number of carboxylic acid groups (broad SMARTS) is 2. The van der Waals surface area contributed by atoms with Crippen molar-refractivity contribution in [2.75, 3.05) is 0 Å². The molecule has 3 aromatic rings. The third-order valence-corrected chi connectivity index (χ3v) is 3.95. The smallest absolute Gasteiger partial charge is 0.328 e. The largest absolute Gasteiger partial charge is 0.508 e. The molecule has 0 aliphatic carbocycles. The third kappa shape index (κ3) is 9.11. The zero-order valence-electron chi connectivity index (χ0n) is 16.6. The van der Waals surface area contributed by atoms with Crippen molar-refractivity contribution in [1.29, 1.82) is 0 Å². The number of rotatable bonds is 6. The normalized spacial score (nSPS) is 11.2. The van der Waals surface area contributed by atoms with Crippen LogP contribution in [0.4, 0.5) is 0 Å². The molecule has 0 bridgehead atoms. The van der Waals surface area contributed by atoms with Gasteiger partial charge >= 0.3 is 11.9 Å². The highest BCUT2D eigenvalue weighted by Gasteiger charge is 1.99.